The van der Waals surface area contributed by atoms with Crippen LogP contribution in [0.25, 0.3) is 0 Å². The van der Waals surface area contributed by atoms with Crippen molar-refractivity contribution in [2.24, 2.45) is 5.84 Å². The summed E-state index contributed by atoms with van der Waals surface area (Å²) in [6.45, 7) is 2.02. The standard InChI is InChI=1S/C10H18N4S/c1-14(5-6-15-2)8-9-3-4-12-10(7-9)13-11/h3-4,7H,5-6,8,11H2,1-2H3,(H,12,13). The Kier molecular flexibility index (Phi) is 5.45. The van der Waals surface area contributed by atoms with Gasteiger partial charge >= 0.3 is 0 Å². The minimum atomic E-state index is 0.714. The summed E-state index contributed by atoms with van der Waals surface area (Å²) in [5, 5.41) is 0. The van der Waals surface area contributed by atoms with Crippen molar-refractivity contribution in [3.05, 3.63) is 23.9 Å². The molecule has 0 atom stereocenters. The van der Waals surface area contributed by atoms with Gasteiger partial charge in [0.1, 0.15) is 5.82 Å². The van der Waals surface area contributed by atoms with Crippen molar-refractivity contribution in [1.82, 2.24) is 9.88 Å². The van der Waals surface area contributed by atoms with E-state index in [2.05, 4.69) is 28.6 Å². The van der Waals surface area contributed by atoms with E-state index < -0.39 is 0 Å². The number of nitrogens with one attached hydrogen (secondary N) is 1. The smallest absolute Gasteiger partial charge is 0.140 e. The van der Waals surface area contributed by atoms with Gasteiger partial charge in [-0.25, -0.2) is 10.8 Å². The van der Waals surface area contributed by atoms with Gasteiger partial charge in [-0.2, -0.15) is 11.8 Å². The molecule has 0 aromatic carbocycles. The summed E-state index contributed by atoms with van der Waals surface area (Å²) in [6.07, 6.45) is 3.89. The van der Waals surface area contributed by atoms with E-state index in [1.165, 1.54) is 5.56 Å². The first kappa shape index (κ1) is 12.3. The number of nitrogens with two attached hydrogens (primary N) is 1. The molecule has 3 N–H and O–H groups in total. The van der Waals surface area contributed by atoms with Crippen LogP contribution in [0.15, 0.2) is 18.3 Å². The Morgan fingerprint density at radius 3 is 3.07 bits per heavy atom. The van der Waals surface area contributed by atoms with Crippen LogP contribution in [0.4, 0.5) is 5.82 Å². The molecular formula is C10H18N4S. The van der Waals surface area contributed by atoms with E-state index in [-0.39, 0.29) is 0 Å². The van der Waals surface area contributed by atoms with E-state index in [1.807, 2.05) is 23.9 Å². The molecule has 5 heteroatoms. The van der Waals surface area contributed by atoms with E-state index in [9.17, 15) is 0 Å². The summed E-state index contributed by atoms with van der Waals surface area (Å²) < 4.78 is 0. The minimum absolute atomic E-state index is 0.714. The van der Waals surface area contributed by atoms with Crippen molar-refractivity contribution < 1.29 is 0 Å². The maximum Gasteiger partial charge on any atom is 0.140 e. The topological polar surface area (TPSA) is 54.2 Å². The normalized spacial score (nSPS) is 10.7. The van der Waals surface area contributed by atoms with Gasteiger partial charge in [-0.15, -0.1) is 0 Å². The van der Waals surface area contributed by atoms with Crippen LogP contribution in [0, 0.1) is 0 Å². The molecule has 1 aromatic heterocycles. The average Bonchev–Trinajstić information content (AvgIpc) is 2.26. The molecule has 0 amide bonds. The zero-order valence-electron chi connectivity index (χ0n) is 9.23. The molecule has 0 aliphatic rings. The Morgan fingerprint density at radius 1 is 1.60 bits per heavy atom. The molecule has 0 saturated heterocycles. The van der Waals surface area contributed by atoms with Gasteiger partial charge in [-0.05, 0) is 31.0 Å². The number of rotatable bonds is 6. The fourth-order valence-electron chi connectivity index (χ4n) is 1.29. The zero-order valence-corrected chi connectivity index (χ0v) is 10.0. The molecule has 1 heterocycles. The van der Waals surface area contributed by atoms with Gasteiger partial charge in [0.15, 0.2) is 0 Å². The predicted octanol–water partition coefficient (Wildman–Crippen LogP) is 1.16. The highest BCUT2D eigenvalue weighted by Gasteiger charge is 2.00. The summed E-state index contributed by atoms with van der Waals surface area (Å²) >= 11 is 1.86. The highest BCUT2D eigenvalue weighted by molar-refractivity contribution is 7.98. The van der Waals surface area contributed by atoms with Crippen LogP contribution in [-0.4, -0.2) is 35.5 Å². The van der Waals surface area contributed by atoms with Crippen LogP contribution in [0.5, 0.6) is 0 Å². The number of nitrogen functional groups attached to an aromatic ring is 1. The molecule has 1 rings (SSSR count). The molecule has 0 spiro atoms. The minimum Gasteiger partial charge on any atom is -0.308 e. The molecule has 15 heavy (non-hydrogen) atoms. The summed E-state index contributed by atoms with van der Waals surface area (Å²) in [5.41, 5.74) is 3.77. The third kappa shape index (κ3) is 4.51. The number of hydrazine groups is 1. The largest absolute Gasteiger partial charge is 0.308 e. The van der Waals surface area contributed by atoms with Gasteiger partial charge in [0, 0.05) is 25.0 Å². The Hall–Kier alpha value is -0.780. The maximum atomic E-state index is 5.30. The highest BCUT2D eigenvalue weighted by Crippen LogP contribution is 2.08. The summed E-state index contributed by atoms with van der Waals surface area (Å²) in [5.74, 6) is 7.17. The lowest BCUT2D eigenvalue weighted by Crippen LogP contribution is -2.20. The van der Waals surface area contributed by atoms with Crippen LogP contribution in [0.3, 0.4) is 0 Å². The van der Waals surface area contributed by atoms with Crippen molar-refractivity contribution in [2.45, 2.75) is 6.54 Å². The molecule has 1 aromatic rings. The number of thioether (sulfide) groups is 1. The van der Waals surface area contributed by atoms with Crippen LogP contribution in [0.1, 0.15) is 5.56 Å². The van der Waals surface area contributed by atoms with E-state index >= 15 is 0 Å². The van der Waals surface area contributed by atoms with Crippen molar-refractivity contribution in [3.8, 4) is 0 Å². The first-order valence-corrected chi connectivity index (χ1v) is 6.24. The number of nitrogens with zero attached hydrogens (tertiary/aromatic N) is 2. The first-order chi connectivity index (χ1) is 7.26. The Bertz CT molecular complexity index is 293. The van der Waals surface area contributed by atoms with Gasteiger partial charge in [-0.1, -0.05) is 0 Å². The third-order valence-corrected chi connectivity index (χ3v) is 2.69. The van der Waals surface area contributed by atoms with Crippen molar-refractivity contribution >= 4 is 17.6 Å². The number of anilines is 1. The van der Waals surface area contributed by atoms with Crippen LogP contribution in [-0.2, 0) is 6.54 Å². The van der Waals surface area contributed by atoms with E-state index in [1.54, 1.807) is 6.20 Å². The van der Waals surface area contributed by atoms with Crippen molar-refractivity contribution in [2.75, 3.05) is 31.0 Å². The summed E-state index contributed by atoms with van der Waals surface area (Å²) in [7, 11) is 2.12. The van der Waals surface area contributed by atoms with Crippen LogP contribution >= 0.6 is 11.8 Å². The molecule has 84 valence electrons. The summed E-state index contributed by atoms with van der Waals surface area (Å²) in [4.78, 5) is 6.35. The second-order valence-corrected chi connectivity index (χ2v) is 4.41. The fraction of sp³-hybridized carbons (Fsp3) is 0.500. The second-order valence-electron chi connectivity index (χ2n) is 3.42. The van der Waals surface area contributed by atoms with Gasteiger partial charge in [-0.3, -0.25) is 0 Å². The maximum absolute atomic E-state index is 5.30. The molecule has 0 aliphatic heterocycles. The molecular weight excluding hydrogens is 208 g/mol. The zero-order chi connectivity index (χ0) is 11.1. The Balaban J connectivity index is 2.48. The molecule has 0 unspecified atom stereocenters. The molecule has 4 nitrogen and oxygen atoms in total. The highest BCUT2D eigenvalue weighted by atomic mass is 32.2. The SMILES string of the molecule is CSCCN(C)Cc1ccnc(NN)c1. The molecule has 0 bridgehead atoms. The Labute approximate surface area is 95.2 Å². The van der Waals surface area contributed by atoms with Gasteiger partial charge < -0.3 is 10.3 Å². The average molecular weight is 226 g/mol. The van der Waals surface area contributed by atoms with Crippen molar-refractivity contribution in [3.63, 3.8) is 0 Å². The Morgan fingerprint density at radius 2 is 2.40 bits per heavy atom. The number of hydrogen-bond donors (Lipinski definition) is 2. The van der Waals surface area contributed by atoms with Crippen LogP contribution < -0.4 is 11.3 Å². The quantitative estimate of drug-likeness (QED) is 0.563. The van der Waals surface area contributed by atoms with E-state index in [0.29, 0.717) is 5.82 Å². The van der Waals surface area contributed by atoms with Crippen molar-refractivity contribution in [1.29, 1.82) is 0 Å². The fourth-order valence-corrected chi connectivity index (χ4v) is 1.78. The summed E-state index contributed by atoms with van der Waals surface area (Å²) in [6, 6.07) is 3.98. The van der Waals surface area contributed by atoms with Crippen LogP contribution in [0.2, 0.25) is 0 Å². The van der Waals surface area contributed by atoms with Gasteiger partial charge in [0.05, 0.1) is 0 Å². The monoisotopic (exact) mass is 226 g/mol. The van der Waals surface area contributed by atoms with E-state index in [4.69, 9.17) is 5.84 Å². The lowest BCUT2D eigenvalue weighted by atomic mass is 10.2. The number of hydrogen-bond acceptors (Lipinski definition) is 5. The van der Waals surface area contributed by atoms with Gasteiger partial charge in [0.2, 0.25) is 0 Å². The molecule has 0 radical (unpaired) electrons. The van der Waals surface area contributed by atoms with E-state index in [0.717, 1.165) is 18.8 Å². The molecule has 0 fully saturated rings. The first-order valence-electron chi connectivity index (χ1n) is 4.85. The lowest BCUT2D eigenvalue weighted by Gasteiger charge is -2.16. The molecule has 0 saturated carbocycles. The lowest BCUT2D eigenvalue weighted by molar-refractivity contribution is 0.348. The third-order valence-electron chi connectivity index (χ3n) is 2.10. The van der Waals surface area contributed by atoms with Gasteiger partial charge in [0.25, 0.3) is 0 Å². The number of pyridine rings is 1. The number of aromatic nitrogens is 1. The molecule has 0 aliphatic carbocycles. The predicted molar refractivity (Wildman–Crippen MR) is 66.8 cm³/mol. The second kappa shape index (κ2) is 6.66.